The fourth-order valence-corrected chi connectivity index (χ4v) is 3.38. The highest BCUT2D eigenvalue weighted by atomic mass is 35.5. The number of fused-ring (bicyclic) bond motifs is 1. The maximum absolute atomic E-state index is 13.3. The Kier molecular flexibility index (Phi) is 4.91. The molecule has 1 atom stereocenters. The second-order valence-corrected chi connectivity index (χ2v) is 7.12. The fourth-order valence-electron chi connectivity index (χ4n) is 3.19. The number of alkyl halides is 4. The largest absolute Gasteiger partial charge is 0.437 e. The lowest BCUT2D eigenvalue weighted by Gasteiger charge is -2.25. The van der Waals surface area contributed by atoms with Crippen molar-refractivity contribution in [3.8, 4) is 5.75 Å². The molecular formula is C18H18ClF3N6O. The van der Waals surface area contributed by atoms with E-state index in [4.69, 9.17) is 16.3 Å². The molecule has 0 aromatic heterocycles. The fraction of sp³-hybridized carbons (Fsp3) is 0.333. The molecule has 154 valence electrons. The number of rotatable bonds is 2. The molecule has 0 saturated carbocycles. The van der Waals surface area contributed by atoms with Crippen LogP contribution in [0.1, 0.15) is 25.0 Å². The normalized spacial score (nSPS) is 21.7. The molecule has 0 fully saturated rings. The summed E-state index contributed by atoms with van der Waals surface area (Å²) in [6, 6.07) is 3.45. The van der Waals surface area contributed by atoms with Crippen molar-refractivity contribution in [3.05, 3.63) is 46.7 Å². The van der Waals surface area contributed by atoms with Gasteiger partial charge in [0.05, 0.1) is 12.2 Å². The van der Waals surface area contributed by atoms with Gasteiger partial charge in [-0.05, 0) is 31.6 Å². The molecule has 0 bridgehead atoms. The zero-order valence-electron chi connectivity index (χ0n) is 15.6. The molecule has 29 heavy (non-hydrogen) atoms. The molecule has 0 aliphatic carbocycles. The summed E-state index contributed by atoms with van der Waals surface area (Å²) in [5.41, 5.74) is 4.12. The molecule has 4 rings (SSSR count). The van der Waals surface area contributed by atoms with Crippen LogP contribution in [-0.4, -0.2) is 35.6 Å². The number of allylic oxidation sites excluding steroid dienone is 1. The maximum atomic E-state index is 13.3. The predicted molar refractivity (Wildman–Crippen MR) is 104 cm³/mol. The van der Waals surface area contributed by atoms with E-state index >= 15 is 0 Å². The van der Waals surface area contributed by atoms with E-state index in [9.17, 15) is 13.2 Å². The summed E-state index contributed by atoms with van der Waals surface area (Å²) in [4.78, 5) is 0. The van der Waals surface area contributed by atoms with Crippen molar-refractivity contribution in [1.29, 1.82) is 0 Å². The van der Waals surface area contributed by atoms with E-state index in [0.29, 0.717) is 24.6 Å². The predicted octanol–water partition coefficient (Wildman–Crippen LogP) is 2.98. The lowest BCUT2D eigenvalue weighted by Crippen LogP contribution is -2.36. The Labute approximate surface area is 169 Å². The summed E-state index contributed by atoms with van der Waals surface area (Å²) in [6.45, 7) is 4.74. The summed E-state index contributed by atoms with van der Waals surface area (Å²) >= 11 is 6.11. The lowest BCUT2D eigenvalue weighted by molar-refractivity contribution is -0.137. The van der Waals surface area contributed by atoms with Crippen molar-refractivity contribution in [3.63, 3.8) is 0 Å². The van der Waals surface area contributed by atoms with Crippen LogP contribution in [0.5, 0.6) is 5.75 Å². The minimum Gasteiger partial charge on any atom is -0.437 e. The van der Waals surface area contributed by atoms with Crippen LogP contribution in [0.3, 0.4) is 0 Å². The van der Waals surface area contributed by atoms with Crippen molar-refractivity contribution in [2.24, 2.45) is 10.2 Å². The van der Waals surface area contributed by atoms with Gasteiger partial charge in [-0.15, -0.1) is 5.10 Å². The van der Waals surface area contributed by atoms with Gasteiger partial charge in [-0.3, -0.25) is 10.7 Å². The van der Waals surface area contributed by atoms with Crippen LogP contribution in [-0.2, 0) is 6.18 Å². The summed E-state index contributed by atoms with van der Waals surface area (Å²) in [6.07, 6.45) is -2.89. The highest BCUT2D eigenvalue weighted by Gasteiger charge is 2.33. The maximum Gasteiger partial charge on any atom is 0.416 e. The van der Waals surface area contributed by atoms with Gasteiger partial charge < -0.3 is 10.1 Å². The van der Waals surface area contributed by atoms with Gasteiger partial charge in [-0.1, -0.05) is 17.7 Å². The molecule has 3 heterocycles. The number of hydrogen-bond donors (Lipinski definition) is 3. The topological polar surface area (TPSA) is 73.3 Å². The first-order chi connectivity index (χ1) is 13.7. The van der Waals surface area contributed by atoms with Crippen LogP contribution in [0.15, 0.2) is 45.7 Å². The van der Waals surface area contributed by atoms with Gasteiger partial charge in [0, 0.05) is 29.5 Å². The number of hydrogen-bond acceptors (Lipinski definition) is 7. The highest BCUT2D eigenvalue weighted by Crippen LogP contribution is 2.36. The molecule has 3 aliphatic rings. The smallest absolute Gasteiger partial charge is 0.416 e. The molecule has 1 unspecified atom stereocenters. The number of nitrogens with zero attached hydrogens (tertiary/aromatic N) is 3. The molecule has 3 N–H and O–H groups in total. The third-order valence-corrected chi connectivity index (χ3v) is 4.97. The zero-order valence-corrected chi connectivity index (χ0v) is 16.3. The summed E-state index contributed by atoms with van der Waals surface area (Å²) in [5, 5.41) is 16.0. The van der Waals surface area contributed by atoms with E-state index in [1.54, 1.807) is 13.0 Å². The van der Waals surface area contributed by atoms with Crippen LogP contribution in [0, 0.1) is 0 Å². The molecule has 0 radical (unpaired) electrons. The van der Waals surface area contributed by atoms with Crippen molar-refractivity contribution in [2.45, 2.75) is 25.6 Å². The SMILES string of the molecule is CC1=CC(Oc2cc(C(F)(F)F)ccc2C2=C(C)NCNC2)=NN2C1=NNC2Cl. The summed E-state index contributed by atoms with van der Waals surface area (Å²) < 4.78 is 45.8. The second-order valence-electron chi connectivity index (χ2n) is 6.71. The van der Waals surface area contributed by atoms with Crippen LogP contribution >= 0.6 is 11.6 Å². The first-order valence-electron chi connectivity index (χ1n) is 8.81. The third-order valence-electron chi connectivity index (χ3n) is 4.69. The number of halogens is 4. The zero-order chi connectivity index (χ0) is 20.8. The van der Waals surface area contributed by atoms with E-state index in [0.717, 1.165) is 29.0 Å². The van der Waals surface area contributed by atoms with E-state index < -0.39 is 17.4 Å². The van der Waals surface area contributed by atoms with Crippen molar-refractivity contribution < 1.29 is 17.9 Å². The van der Waals surface area contributed by atoms with Gasteiger partial charge in [0.15, 0.2) is 5.84 Å². The molecule has 1 aromatic rings. The van der Waals surface area contributed by atoms with Crippen LogP contribution < -0.4 is 20.8 Å². The molecule has 11 heteroatoms. The van der Waals surface area contributed by atoms with E-state index in [1.165, 1.54) is 11.1 Å². The van der Waals surface area contributed by atoms with Crippen molar-refractivity contribution >= 4 is 28.9 Å². The first kappa shape index (κ1) is 19.6. The average molecular weight is 427 g/mol. The van der Waals surface area contributed by atoms with E-state index in [1.807, 2.05) is 6.92 Å². The Morgan fingerprint density at radius 1 is 1.28 bits per heavy atom. The minimum absolute atomic E-state index is 0.0566. The van der Waals surface area contributed by atoms with Crippen molar-refractivity contribution in [1.82, 2.24) is 21.1 Å². The van der Waals surface area contributed by atoms with Crippen LogP contribution in [0.2, 0.25) is 0 Å². The average Bonchev–Trinajstić information content (AvgIpc) is 3.03. The van der Waals surface area contributed by atoms with Gasteiger partial charge in [0.2, 0.25) is 11.5 Å². The van der Waals surface area contributed by atoms with Gasteiger partial charge in [-0.25, -0.2) is 5.01 Å². The molecule has 0 saturated heterocycles. The Hall–Kier alpha value is -2.72. The summed E-state index contributed by atoms with van der Waals surface area (Å²) in [7, 11) is 0. The monoisotopic (exact) mass is 426 g/mol. The standard InChI is InChI=1S/C18H18ClF3N6O/c1-9-5-15(27-28-16(9)25-26-17(28)19)29-14-6-11(18(20,21)22)3-4-12(14)13-7-23-8-24-10(13)2/h3-6,17,23-24,26H,7-8H2,1-2H3. The van der Waals surface area contributed by atoms with Crippen molar-refractivity contribution in [2.75, 3.05) is 13.2 Å². The lowest BCUT2D eigenvalue weighted by atomic mass is 9.99. The second kappa shape index (κ2) is 7.27. The minimum atomic E-state index is -4.50. The first-order valence-corrected chi connectivity index (χ1v) is 9.25. The number of hydrazone groups is 2. The van der Waals surface area contributed by atoms with E-state index in [-0.39, 0.29) is 11.6 Å². The Morgan fingerprint density at radius 3 is 2.79 bits per heavy atom. The Bertz CT molecular complexity index is 969. The van der Waals surface area contributed by atoms with Gasteiger partial charge in [-0.2, -0.15) is 18.3 Å². The number of nitrogens with one attached hydrogen (secondary N) is 3. The van der Waals surface area contributed by atoms with Crippen LogP contribution in [0.4, 0.5) is 13.2 Å². The number of ether oxygens (including phenoxy) is 1. The molecule has 3 aliphatic heterocycles. The Morgan fingerprint density at radius 2 is 2.07 bits per heavy atom. The summed E-state index contributed by atoms with van der Waals surface area (Å²) in [5.74, 6) is 0.702. The Balaban J connectivity index is 1.75. The quantitative estimate of drug-likeness (QED) is 0.501. The molecule has 1 aromatic carbocycles. The molecule has 7 nitrogen and oxygen atoms in total. The molecular weight excluding hydrogens is 409 g/mol. The van der Waals surface area contributed by atoms with Gasteiger partial charge in [0.25, 0.3) is 0 Å². The van der Waals surface area contributed by atoms with Gasteiger partial charge in [0.1, 0.15) is 5.75 Å². The molecule has 0 spiro atoms. The number of amidine groups is 1. The van der Waals surface area contributed by atoms with Crippen LogP contribution in [0.25, 0.3) is 5.57 Å². The van der Waals surface area contributed by atoms with Gasteiger partial charge >= 0.3 is 6.18 Å². The third kappa shape index (κ3) is 3.77. The molecule has 0 amide bonds. The highest BCUT2D eigenvalue weighted by molar-refractivity contribution is 6.23. The van der Waals surface area contributed by atoms with E-state index in [2.05, 4.69) is 26.3 Å². The number of benzene rings is 1.